The van der Waals surface area contributed by atoms with E-state index < -0.39 is 5.97 Å². The number of thioether (sulfide) groups is 1. The molecule has 3 rings (SSSR count). The predicted molar refractivity (Wildman–Crippen MR) is 114 cm³/mol. The van der Waals surface area contributed by atoms with Crippen molar-refractivity contribution in [2.24, 2.45) is 4.99 Å². The number of aliphatic imine (C=N–C) groups is 1. The molecule has 5 nitrogen and oxygen atoms in total. The number of nitrogens with zero attached hydrogens (tertiary/aromatic N) is 2. The molecule has 1 aliphatic heterocycles. The number of hydrogen-bond acceptors (Lipinski definition) is 4. The van der Waals surface area contributed by atoms with Crippen LogP contribution in [0.1, 0.15) is 28.4 Å². The zero-order chi connectivity index (χ0) is 20.1. The van der Waals surface area contributed by atoms with E-state index in [-0.39, 0.29) is 11.5 Å². The van der Waals surface area contributed by atoms with E-state index in [9.17, 15) is 14.7 Å². The molecule has 0 aromatic heterocycles. The lowest BCUT2D eigenvalue weighted by Crippen LogP contribution is -2.29. The predicted octanol–water partition coefficient (Wildman–Crippen LogP) is 4.74. The second-order valence-electron chi connectivity index (χ2n) is 6.13. The van der Waals surface area contributed by atoms with E-state index in [0.717, 1.165) is 12.0 Å². The molecule has 1 N–H and O–H groups in total. The molecule has 0 unspecified atom stereocenters. The molecule has 0 aliphatic carbocycles. The fraction of sp³-hybridized carbons (Fsp3) is 0.136. The number of aryl methyl sites for hydroxylation is 1. The van der Waals surface area contributed by atoms with E-state index >= 15 is 0 Å². The molecule has 1 amide bonds. The minimum Gasteiger partial charge on any atom is -0.478 e. The van der Waals surface area contributed by atoms with E-state index in [4.69, 9.17) is 0 Å². The van der Waals surface area contributed by atoms with Crippen molar-refractivity contribution in [2.45, 2.75) is 13.3 Å². The summed E-state index contributed by atoms with van der Waals surface area (Å²) in [7, 11) is 0. The van der Waals surface area contributed by atoms with Gasteiger partial charge in [-0.3, -0.25) is 9.69 Å². The van der Waals surface area contributed by atoms with Crippen molar-refractivity contribution >= 4 is 40.6 Å². The third kappa shape index (κ3) is 4.23. The molecule has 0 atom stereocenters. The van der Waals surface area contributed by atoms with Gasteiger partial charge in [-0.2, -0.15) is 0 Å². The highest BCUT2D eigenvalue weighted by Crippen LogP contribution is 2.34. The molecule has 0 saturated carbocycles. The van der Waals surface area contributed by atoms with E-state index in [1.165, 1.54) is 28.3 Å². The fourth-order valence-corrected chi connectivity index (χ4v) is 3.74. The lowest BCUT2D eigenvalue weighted by atomic mass is 10.1. The van der Waals surface area contributed by atoms with Crippen molar-refractivity contribution in [3.63, 3.8) is 0 Å². The van der Waals surface area contributed by atoms with Crippen LogP contribution in [0.4, 0.5) is 5.69 Å². The monoisotopic (exact) mass is 392 g/mol. The number of carbonyl (C=O) groups is 2. The Labute approximate surface area is 168 Å². The van der Waals surface area contributed by atoms with Gasteiger partial charge in [-0.05, 0) is 47.5 Å². The van der Waals surface area contributed by atoms with Gasteiger partial charge in [-0.15, -0.1) is 6.58 Å². The van der Waals surface area contributed by atoms with Crippen molar-refractivity contribution in [1.82, 2.24) is 4.90 Å². The Balaban J connectivity index is 1.97. The number of carboxylic acids is 1. The van der Waals surface area contributed by atoms with Gasteiger partial charge in [0.1, 0.15) is 0 Å². The molecule has 2 aromatic carbocycles. The number of aromatic carboxylic acids is 1. The summed E-state index contributed by atoms with van der Waals surface area (Å²) in [6.07, 6.45) is 4.40. The quantitative estimate of drug-likeness (QED) is 0.570. The maximum atomic E-state index is 12.8. The minimum absolute atomic E-state index is 0.0918. The number of benzene rings is 2. The molecular weight excluding hydrogens is 372 g/mol. The van der Waals surface area contributed by atoms with Crippen LogP contribution in [-0.2, 0) is 11.2 Å². The molecule has 142 valence electrons. The fourth-order valence-electron chi connectivity index (χ4n) is 2.74. The molecule has 1 aliphatic rings. The largest absolute Gasteiger partial charge is 0.478 e. The summed E-state index contributed by atoms with van der Waals surface area (Å²) in [5, 5.41) is 9.81. The first-order valence-electron chi connectivity index (χ1n) is 8.85. The van der Waals surface area contributed by atoms with Crippen LogP contribution in [0, 0.1) is 0 Å². The van der Waals surface area contributed by atoms with Crippen LogP contribution in [0.25, 0.3) is 6.08 Å². The standard InChI is InChI=1S/C22H20N2O3S/c1-3-13-24-20(25)19(14-16-11-9-15(4-2)10-12-16)28-22(24)23-18-8-6-5-7-17(18)21(26)27/h3,5-12,14H,1,4,13H2,2H3,(H,26,27)/b19-14-,23-22?. The highest BCUT2D eigenvalue weighted by atomic mass is 32.2. The van der Waals surface area contributed by atoms with Gasteiger partial charge < -0.3 is 5.11 Å². The number of para-hydroxylation sites is 1. The SMILES string of the molecule is C=CCN1C(=O)/C(=C/c2ccc(CC)cc2)SC1=Nc1ccccc1C(=O)O. The average molecular weight is 392 g/mol. The maximum absolute atomic E-state index is 12.8. The van der Waals surface area contributed by atoms with E-state index in [1.807, 2.05) is 30.3 Å². The van der Waals surface area contributed by atoms with Gasteiger partial charge in [0.05, 0.1) is 16.2 Å². The minimum atomic E-state index is -1.06. The Morgan fingerprint density at radius 3 is 2.57 bits per heavy atom. The number of hydrogen-bond donors (Lipinski definition) is 1. The van der Waals surface area contributed by atoms with Crippen molar-refractivity contribution in [1.29, 1.82) is 0 Å². The summed E-state index contributed by atoms with van der Waals surface area (Å²) in [5.41, 5.74) is 2.56. The summed E-state index contributed by atoms with van der Waals surface area (Å²) in [6.45, 7) is 6.09. The number of amides is 1. The van der Waals surface area contributed by atoms with Crippen molar-refractivity contribution in [3.05, 3.63) is 82.8 Å². The zero-order valence-corrected chi connectivity index (χ0v) is 16.3. The van der Waals surface area contributed by atoms with Gasteiger partial charge in [-0.1, -0.05) is 49.4 Å². The second kappa shape index (κ2) is 8.71. The smallest absolute Gasteiger partial charge is 0.337 e. The Kier molecular flexibility index (Phi) is 6.11. The highest BCUT2D eigenvalue weighted by molar-refractivity contribution is 8.18. The lowest BCUT2D eigenvalue weighted by Gasteiger charge is -2.13. The Bertz CT molecular complexity index is 978. The summed E-state index contributed by atoms with van der Waals surface area (Å²) in [4.78, 5) is 30.8. The highest BCUT2D eigenvalue weighted by Gasteiger charge is 2.32. The number of carbonyl (C=O) groups excluding carboxylic acids is 1. The van der Waals surface area contributed by atoms with Crippen LogP contribution >= 0.6 is 11.8 Å². The van der Waals surface area contributed by atoms with Crippen molar-refractivity contribution in [2.75, 3.05) is 6.54 Å². The first-order chi connectivity index (χ1) is 13.5. The number of amidine groups is 1. The van der Waals surface area contributed by atoms with E-state index in [2.05, 4.69) is 18.5 Å². The molecule has 2 aromatic rings. The van der Waals surface area contributed by atoms with Crippen LogP contribution in [0.5, 0.6) is 0 Å². The van der Waals surface area contributed by atoms with Gasteiger partial charge in [0.2, 0.25) is 0 Å². The normalized spacial score (nSPS) is 16.8. The summed E-state index contributed by atoms with van der Waals surface area (Å²) in [6, 6.07) is 14.5. The summed E-state index contributed by atoms with van der Waals surface area (Å²) < 4.78 is 0. The molecule has 0 radical (unpaired) electrons. The van der Waals surface area contributed by atoms with Crippen molar-refractivity contribution < 1.29 is 14.7 Å². The van der Waals surface area contributed by atoms with E-state index in [0.29, 0.717) is 22.3 Å². The average Bonchev–Trinajstić information content (AvgIpc) is 2.98. The molecule has 0 bridgehead atoms. The van der Waals surface area contributed by atoms with E-state index in [1.54, 1.807) is 24.3 Å². The van der Waals surface area contributed by atoms with Crippen LogP contribution in [-0.4, -0.2) is 33.6 Å². The van der Waals surface area contributed by atoms with Gasteiger partial charge in [0.25, 0.3) is 5.91 Å². The second-order valence-corrected chi connectivity index (χ2v) is 7.14. The van der Waals surface area contributed by atoms with Crippen LogP contribution in [0.15, 0.2) is 71.1 Å². The number of rotatable bonds is 6. The molecule has 1 saturated heterocycles. The topological polar surface area (TPSA) is 70.0 Å². The lowest BCUT2D eigenvalue weighted by molar-refractivity contribution is -0.121. The Morgan fingerprint density at radius 2 is 1.93 bits per heavy atom. The first-order valence-corrected chi connectivity index (χ1v) is 9.67. The molecule has 1 heterocycles. The van der Waals surface area contributed by atoms with Gasteiger partial charge in [0.15, 0.2) is 5.17 Å². The maximum Gasteiger partial charge on any atom is 0.337 e. The third-order valence-corrected chi connectivity index (χ3v) is 5.24. The van der Waals surface area contributed by atoms with Gasteiger partial charge in [-0.25, -0.2) is 9.79 Å². The summed E-state index contributed by atoms with van der Waals surface area (Å²) >= 11 is 1.23. The molecule has 0 spiro atoms. The molecular formula is C22H20N2O3S. The molecule has 28 heavy (non-hydrogen) atoms. The van der Waals surface area contributed by atoms with Crippen LogP contribution < -0.4 is 0 Å². The Morgan fingerprint density at radius 1 is 1.21 bits per heavy atom. The summed E-state index contributed by atoms with van der Waals surface area (Å²) in [5.74, 6) is -1.23. The molecule has 6 heteroatoms. The van der Waals surface area contributed by atoms with Crippen LogP contribution in [0.3, 0.4) is 0 Å². The third-order valence-electron chi connectivity index (χ3n) is 4.24. The molecule has 1 fully saturated rings. The zero-order valence-electron chi connectivity index (χ0n) is 15.5. The van der Waals surface area contributed by atoms with Crippen LogP contribution in [0.2, 0.25) is 0 Å². The number of carboxylic acid groups (broad SMARTS) is 1. The first kappa shape index (κ1) is 19.6. The van der Waals surface area contributed by atoms with Gasteiger partial charge >= 0.3 is 5.97 Å². The van der Waals surface area contributed by atoms with Gasteiger partial charge in [0, 0.05) is 6.54 Å². The Hall–Kier alpha value is -3.12. The van der Waals surface area contributed by atoms with Crippen molar-refractivity contribution in [3.8, 4) is 0 Å².